The summed E-state index contributed by atoms with van der Waals surface area (Å²) in [4.78, 5) is 7.84. The largest absolute Gasteiger partial charge is 0.494 e. The lowest BCUT2D eigenvalue weighted by molar-refractivity contribution is 0.391. The van der Waals surface area contributed by atoms with Crippen LogP contribution < -0.4 is 14.2 Å². The van der Waals surface area contributed by atoms with Crippen molar-refractivity contribution in [3.8, 4) is 28.9 Å². The standard InChI is InChI=1S/C20H21FN8O4S/c1-11(8-16-22-9-13(21)10-23-16)34(30)28-20-27-25-18(19-26-24-12(2)33-19)29(20)17-14(31-3)6-5-7-15(17)32-4/h5-7,9-11H,8H2,1-4H3,(H,27,28). The fraction of sp³-hybridized carbons (Fsp3) is 0.300. The van der Waals surface area contributed by atoms with Crippen molar-refractivity contribution in [1.29, 1.82) is 0 Å². The Kier molecular flexibility index (Phi) is 6.77. The molecule has 1 aromatic carbocycles. The number of nitrogens with zero attached hydrogens (tertiary/aromatic N) is 7. The molecule has 4 aromatic rings. The molecule has 34 heavy (non-hydrogen) atoms. The number of hydrogen-bond donors (Lipinski definition) is 1. The van der Waals surface area contributed by atoms with Crippen molar-refractivity contribution in [2.45, 2.75) is 25.5 Å². The summed E-state index contributed by atoms with van der Waals surface area (Å²) >= 11 is 0. The topological polar surface area (TPSA) is 143 Å². The molecule has 0 bridgehead atoms. The maximum atomic E-state index is 13.1. The predicted molar refractivity (Wildman–Crippen MR) is 119 cm³/mol. The Balaban J connectivity index is 1.73. The zero-order valence-electron chi connectivity index (χ0n) is 18.7. The van der Waals surface area contributed by atoms with Crippen LogP contribution in [-0.4, -0.2) is 58.6 Å². The molecule has 0 aliphatic rings. The smallest absolute Gasteiger partial charge is 0.286 e. The summed E-state index contributed by atoms with van der Waals surface area (Å²) in [5, 5.41) is 15.8. The molecule has 0 aliphatic heterocycles. The number of halogens is 1. The number of rotatable bonds is 9. The normalized spacial score (nSPS) is 12.9. The first-order valence-corrected chi connectivity index (χ1v) is 11.2. The molecule has 2 unspecified atom stereocenters. The van der Waals surface area contributed by atoms with Gasteiger partial charge in [-0.05, 0) is 19.1 Å². The first-order valence-electron chi connectivity index (χ1n) is 10.0. The molecule has 3 heterocycles. The summed E-state index contributed by atoms with van der Waals surface area (Å²) in [6.07, 6.45) is 2.37. The van der Waals surface area contributed by atoms with E-state index in [0.717, 1.165) is 12.4 Å². The molecule has 0 amide bonds. The van der Waals surface area contributed by atoms with Gasteiger partial charge in [0.2, 0.25) is 17.7 Å². The quantitative estimate of drug-likeness (QED) is 0.373. The van der Waals surface area contributed by atoms with Crippen LogP contribution in [-0.2, 0) is 17.4 Å². The van der Waals surface area contributed by atoms with Gasteiger partial charge in [0.1, 0.15) is 34.0 Å². The van der Waals surface area contributed by atoms with Gasteiger partial charge in [-0.3, -0.25) is 4.72 Å². The van der Waals surface area contributed by atoms with Gasteiger partial charge in [-0.2, -0.15) is 0 Å². The molecule has 1 N–H and O–H groups in total. The lowest BCUT2D eigenvalue weighted by Gasteiger charge is -2.17. The Bertz CT molecular complexity index is 1290. The number of para-hydroxylation sites is 1. The molecule has 0 spiro atoms. The maximum absolute atomic E-state index is 13.1. The van der Waals surface area contributed by atoms with E-state index in [1.165, 1.54) is 18.8 Å². The predicted octanol–water partition coefficient (Wildman–Crippen LogP) is 2.28. The molecule has 14 heteroatoms. The van der Waals surface area contributed by atoms with Gasteiger partial charge in [0.15, 0.2) is 5.82 Å². The van der Waals surface area contributed by atoms with Crippen molar-refractivity contribution in [1.82, 2.24) is 34.9 Å². The molecule has 3 aromatic heterocycles. The van der Waals surface area contributed by atoms with E-state index in [1.807, 2.05) is 0 Å². The van der Waals surface area contributed by atoms with Gasteiger partial charge in [0.05, 0.1) is 31.9 Å². The van der Waals surface area contributed by atoms with Crippen molar-refractivity contribution < 1.29 is 22.5 Å². The van der Waals surface area contributed by atoms with E-state index >= 15 is 0 Å². The van der Waals surface area contributed by atoms with E-state index in [-0.39, 0.29) is 24.1 Å². The summed E-state index contributed by atoms with van der Waals surface area (Å²) in [5.74, 6) is 1.46. The Hall–Kier alpha value is -3.94. The zero-order chi connectivity index (χ0) is 24.2. The average molecular weight is 489 g/mol. The number of aromatic nitrogens is 7. The fourth-order valence-corrected chi connectivity index (χ4v) is 3.92. The number of nitrogens with one attached hydrogen (secondary N) is 1. The van der Waals surface area contributed by atoms with Crippen LogP contribution in [0.4, 0.5) is 10.3 Å². The SMILES string of the molecule is COc1cccc(OC)c1-n1c(NS(=O)C(C)Cc2ncc(F)cn2)nnc1-c1nnc(C)o1. The van der Waals surface area contributed by atoms with Crippen molar-refractivity contribution in [2.24, 2.45) is 0 Å². The molecule has 0 aliphatic carbocycles. The van der Waals surface area contributed by atoms with Crippen molar-refractivity contribution >= 4 is 16.9 Å². The van der Waals surface area contributed by atoms with Crippen molar-refractivity contribution in [2.75, 3.05) is 18.9 Å². The molecular weight excluding hydrogens is 467 g/mol. The highest BCUT2D eigenvalue weighted by molar-refractivity contribution is 7.86. The molecule has 0 radical (unpaired) electrons. The second-order valence-corrected chi connectivity index (χ2v) is 8.66. The number of hydrogen-bond acceptors (Lipinski definition) is 10. The number of benzene rings is 1. The minimum Gasteiger partial charge on any atom is -0.494 e. The summed E-state index contributed by atoms with van der Waals surface area (Å²) in [7, 11) is 1.36. The van der Waals surface area contributed by atoms with Gasteiger partial charge >= 0.3 is 0 Å². The second kappa shape index (κ2) is 9.91. The first kappa shape index (κ1) is 23.2. The third kappa shape index (κ3) is 4.71. The Labute approximate surface area is 196 Å². The third-order valence-electron chi connectivity index (χ3n) is 4.71. The highest BCUT2D eigenvalue weighted by atomic mass is 32.2. The molecule has 0 fully saturated rings. The van der Waals surface area contributed by atoms with Gasteiger partial charge in [-0.25, -0.2) is 23.1 Å². The molecule has 4 rings (SSSR count). The number of methoxy groups -OCH3 is 2. The Morgan fingerprint density at radius 1 is 1.12 bits per heavy atom. The average Bonchev–Trinajstić information content (AvgIpc) is 3.45. The van der Waals surface area contributed by atoms with Crippen molar-refractivity contribution in [3.63, 3.8) is 0 Å². The zero-order valence-corrected chi connectivity index (χ0v) is 19.5. The van der Waals surface area contributed by atoms with Crippen LogP contribution in [0.15, 0.2) is 35.0 Å². The Morgan fingerprint density at radius 2 is 1.79 bits per heavy atom. The van der Waals surface area contributed by atoms with Crippen LogP contribution in [0.25, 0.3) is 17.4 Å². The minimum atomic E-state index is -1.66. The van der Waals surface area contributed by atoms with E-state index in [9.17, 15) is 8.60 Å². The van der Waals surface area contributed by atoms with E-state index in [4.69, 9.17) is 13.9 Å². The molecule has 178 valence electrons. The first-order chi connectivity index (χ1) is 16.4. The van der Waals surface area contributed by atoms with Gasteiger partial charge in [-0.1, -0.05) is 6.07 Å². The van der Waals surface area contributed by atoms with E-state index in [2.05, 4.69) is 35.1 Å². The third-order valence-corrected chi connectivity index (χ3v) is 5.99. The maximum Gasteiger partial charge on any atom is 0.286 e. The van der Waals surface area contributed by atoms with Gasteiger partial charge < -0.3 is 13.9 Å². The van der Waals surface area contributed by atoms with Crippen LogP contribution in [0, 0.1) is 12.7 Å². The molecular formula is C20H21FN8O4S. The van der Waals surface area contributed by atoms with Crippen molar-refractivity contribution in [3.05, 3.63) is 48.1 Å². The second-order valence-electron chi connectivity index (χ2n) is 7.05. The minimum absolute atomic E-state index is 0.101. The highest BCUT2D eigenvalue weighted by Crippen LogP contribution is 2.37. The van der Waals surface area contributed by atoms with Crippen LogP contribution in [0.3, 0.4) is 0 Å². The summed E-state index contributed by atoms with van der Waals surface area (Å²) in [5.41, 5.74) is 0.442. The van der Waals surface area contributed by atoms with Crippen LogP contribution in [0.5, 0.6) is 11.5 Å². The molecule has 2 atom stereocenters. The van der Waals surface area contributed by atoms with Gasteiger partial charge in [0, 0.05) is 13.3 Å². The fourth-order valence-electron chi connectivity index (χ4n) is 3.11. The van der Waals surface area contributed by atoms with Crippen LogP contribution in [0.1, 0.15) is 18.6 Å². The lowest BCUT2D eigenvalue weighted by atomic mass is 10.2. The summed E-state index contributed by atoms with van der Waals surface area (Å²) < 4.78 is 47.2. The van der Waals surface area contributed by atoms with Gasteiger partial charge in [-0.15, -0.1) is 20.4 Å². The molecule has 12 nitrogen and oxygen atoms in total. The Morgan fingerprint density at radius 3 is 2.38 bits per heavy atom. The van der Waals surface area contributed by atoms with E-state index in [0.29, 0.717) is 28.9 Å². The summed E-state index contributed by atoms with van der Waals surface area (Å²) in [6, 6.07) is 5.23. The molecule has 0 saturated heterocycles. The number of ether oxygens (including phenoxy) is 2. The number of aryl methyl sites for hydroxylation is 1. The number of anilines is 1. The highest BCUT2D eigenvalue weighted by Gasteiger charge is 2.27. The van der Waals surface area contributed by atoms with Crippen LogP contribution >= 0.6 is 0 Å². The van der Waals surface area contributed by atoms with E-state index < -0.39 is 22.1 Å². The van der Waals surface area contributed by atoms with E-state index in [1.54, 1.807) is 32.0 Å². The molecule has 0 saturated carbocycles. The lowest BCUT2D eigenvalue weighted by Crippen LogP contribution is -2.23. The van der Waals surface area contributed by atoms with Crippen LogP contribution in [0.2, 0.25) is 0 Å². The summed E-state index contributed by atoms with van der Waals surface area (Å²) in [6.45, 7) is 3.39. The monoisotopic (exact) mass is 488 g/mol. The van der Waals surface area contributed by atoms with Gasteiger partial charge in [0.25, 0.3) is 5.89 Å².